The van der Waals surface area contributed by atoms with E-state index in [4.69, 9.17) is 20.0 Å². The third-order valence-corrected chi connectivity index (χ3v) is 6.97. The summed E-state index contributed by atoms with van der Waals surface area (Å²) in [7, 11) is 0. The Hall–Kier alpha value is -5.10. The van der Waals surface area contributed by atoms with Gasteiger partial charge in [0.2, 0.25) is 0 Å². The van der Waals surface area contributed by atoms with Gasteiger partial charge < -0.3 is 0 Å². The Morgan fingerprint density at radius 3 is 1.36 bits per heavy atom. The lowest BCUT2D eigenvalue weighted by Crippen LogP contribution is -2.20. The second-order valence-electron chi connectivity index (χ2n) is 8.89. The van der Waals surface area contributed by atoms with Crippen molar-refractivity contribution in [3.63, 3.8) is 0 Å². The predicted molar refractivity (Wildman–Crippen MR) is 148 cm³/mol. The largest absolute Gasteiger partial charge is 0.298 e. The van der Waals surface area contributed by atoms with E-state index in [1.165, 1.54) is 0 Å². The summed E-state index contributed by atoms with van der Waals surface area (Å²) in [6, 6.07) is 29.3. The lowest BCUT2D eigenvalue weighted by atomic mass is 10.0. The Morgan fingerprint density at radius 1 is 0.444 bits per heavy atom. The van der Waals surface area contributed by atoms with E-state index in [-0.39, 0.29) is 0 Å². The Bertz CT molecular complexity index is 1770. The molecule has 3 heterocycles. The zero-order valence-electron chi connectivity index (χ0n) is 19.1. The molecule has 8 rings (SSSR count). The van der Waals surface area contributed by atoms with Crippen molar-refractivity contribution >= 4 is 79.4 Å². The van der Waals surface area contributed by atoms with Crippen LogP contribution in [0.4, 0.5) is 34.1 Å². The van der Waals surface area contributed by atoms with Gasteiger partial charge >= 0.3 is 0 Å². The standard InChI is InChI=1S/C30H18N6/c1-5-19-7-3-11-23-27(19)21(9-1)33-17-35(23)25-13-14-26(30-29(25)31-15-16-32-30)36-18-34-22-10-2-6-20-8-4-12-24(36)28(20)22/h1-18H. The van der Waals surface area contributed by atoms with Gasteiger partial charge in [0.25, 0.3) is 0 Å². The first-order valence-electron chi connectivity index (χ1n) is 11.8. The van der Waals surface area contributed by atoms with Crippen LogP contribution in [0.5, 0.6) is 0 Å². The molecule has 0 spiro atoms. The minimum Gasteiger partial charge on any atom is -0.298 e. The quantitative estimate of drug-likeness (QED) is 0.266. The molecule has 0 bridgehead atoms. The summed E-state index contributed by atoms with van der Waals surface area (Å²) < 4.78 is 0. The van der Waals surface area contributed by atoms with E-state index in [1.807, 2.05) is 24.8 Å². The Morgan fingerprint density at radius 2 is 0.889 bits per heavy atom. The molecule has 36 heavy (non-hydrogen) atoms. The maximum atomic E-state index is 4.79. The van der Waals surface area contributed by atoms with Crippen molar-refractivity contribution in [2.45, 2.75) is 0 Å². The van der Waals surface area contributed by atoms with Crippen LogP contribution in [0, 0.1) is 0 Å². The average Bonchev–Trinajstić information content (AvgIpc) is 2.94. The molecular weight excluding hydrogens is 444 g/mol. The fourth-order valence-corrected chi connectivity index (χ4v) is 5.39. The summed E-state index contributed by atoms with van der Waals surface area (Å²) in [5, 5.41) is 4.59. The molecule has 0 amide bonds. The van der Waals surface area contributed by atoms with Crippen molar-refractivity contribution in [3.8, 4) is 0 Å². The summed E-state index contributed by atoms with van der Waals surface area (Å²) in [5.74, 6) is 0. The van der Waals surface area contributed by atoms with Crippen LogP contribution in [0.2, 0.25) is 0 Å². The van der Waals surface area contributed by atoms with Crippen LogP contribution in [0.25, 0.3) is 32.6 Å². The third-order valence-electron chi connectivity index (χ3n) is 6.97. The van der Waals surface area contributed by atoms with Crippen LogP contribution >= 0.6 is 0 Å². The van der Waals surface area contributed by atoms with Gasteiger partial charge in [0, 0.05) is 23.2 Å². The van der Waals surface area contributed by atoms with Crippen LogP contribution in [-0.4, -0.2) is 22.6 Å². The van der Waals surface area contributed by atoms with Gasteiger partial charge in [0.1, 0.15) is 23.7 Å². The molecule has 6 heteroatoms. The first-order chi connectivity index (χ1) is 17.9. The monoisotopic (exact) mass is 462 g/mol. The normalized spacial score (nSPS) is 13.8. The number of hydrogen-bond donors (Lipinski definition) is 0. The highest BCUT2D eigenvalue weighted by Gasteiger charge is 2.24. The SMILES string of the molecule is C1=Nc2cccc3cccc(c23)N1c1ccc(N2C=Nc3cccc4cccc2c34)c2nccnc12. The molecule has 0 radical (unpaired) electrons. The number of benzene rings is 5. The van der Waals surface area contributed by atoms with Gasteiger partial charge in [-0.3, -0.25) is 19.8 Å². The van der Waals surface area contributed by atoms with Gasteiger partial charge in [-0.1, -0.05) is 48.5 Å². The average molecular weight is 463 g/mol. The zero-order chi connectivity index (χ0) is 23.6. The number of aliphatic imine (C=N–C) groups is 2. The van der Waals surface area contributed by atoms with Crippen molar-refractivity contribution in [1.82, 2.24) is 9.97 Å². The molecule has 6 nitrogen and oxygen atoms in total. The van der Waals surface area contributed by atoms with Crippen molar-refractivity contribution in [2.24, 2.45) is 9.98 Å². The molecular formula is C30H18N6. The topological polar surface area (TPSA) is 57.0 Å². The van der Waals surface area contributed by atoms with Gasteiger partial charge in [-0.25, -0.2) is 9.98 Å². The number of nitrogens with zero attached hydrogens (tertiary/aromatic N) is 6. The van der Waals surface area contributed by atoms with Crippen LogP contribution in [-0.2, 0) is 0 Å². The van der Waals surface area contributed by atoms with Gasteiger partial charge in [-0.2, -0.15) is 0 Å². The maximum absolute atomic E-state index is 4.79. The van der Waals surface area contributed by atoms with Gasteiger partial charge in [0.05, 0.1) is 34.1 Å². The second kappa shape index (κ2) is 7.20. The summed E-state index contributed by atoms with van der Waals surface area (Å²) in [6.07, 6.45) is 7.23. The maximum Gasteiger partial charge on any atom is 0.115 e. The number of anilines is 4. The van der Waals surface area contributed by atoms with E-state index in [2.05, 4.69) is 82.6 Å². The Balaban J connectivity index is 1.34. The lowest BCUT2D eigenvalue weighted by molar-refractivity contribution is 1.25. The summed E-state index contributed by atoms with van der Waals surface area (Å²) in [4.78, 5) is 23.3. The van der Waals surface area contributed by atoms with E-state index >= 15 is 0 Å². The molecule has 0 saturated carbocycles. The molecule has 2 aliphatic rings. The van der Waals surface area contributed by atoms with Crippen LogP contribution in [0.15, 0.2) is 107 Å². The second-order valence-corrected chi connectivity index (χ2v) is 8.89. The first-order valence-corrected chi connectivity index (χ1v) is 11.8. The Kier molecular flexibility index (Phi) is 3.85. The summed E-state index contributed by atoms with van der Waals surface area (Å²) >= 11 is 0. The predicted octanol–water partition coefficient (Wildman–Crippen LogP) is 7.56. The fourth-order valence-electron chi connectivity index (χ4n) is 5.39. The fraction of sp³-hybridized carbons (Fsp3) is 0. The van der Waals surface area contributed by atoms with E-state index in [1.54, 1.807) is 12.4 Å². The lowest BCUT2D eigenvalue weighted by Gasteiger charge is -2.29. The first kappa shape index (κ1) is 19.2. The van der Waals surface area contributed by atoms with E-state index in [0.717, 1.165) is 66.7 Å². The highest BCUT2D eigenvalue weighted by atomic mass is 15.2. The van der Waals surface area contributed by atoms with Crippen molar-refractivity contribution in [1.29, 1.82) is 0 Å². The van der Waals surface area contributed by atoms with Gasteiger partial charge in [0.15, 0.2) is 0 Å². The minimum absolute atomic E-state index is 0.803. The molecule has 6 aromatic rings. The summed E-state index contributed by atoms with van der Waals surface area (Å²) in [6.45, 7) is 0. The van der Waals surface area contributed by atoms with E-state index in [9.17, 15) is 0 Å². The molecule has 0 fully saturated rings. The minimum atomic E-state index is 0.803. The van der Waals surface area contributed by atoms with E-state index in [0.29, 0.717) is 0 Å². The van der Waals surface area contributed by atoms with Crippen molar-refractivity contribution in [3.05, 3.63) is 97.3 Å². The third kappa shape index (κ3) is 2.61. The molecule has 5 aromatic carbocycles. The van der Waals surface area contributed by atoms with Crippen molar-refractivity contribution in [2.75, 3.05) is 9.80 Å². The van der Waals surface area contributed by atoms with E-state index < -0.39 is 0 Å². The van der Waals surface area contributed by atoms with Gasteiger partial charge in [-0.15, -0.1) is 0 Å². The molecule has 0 atom stereocenters. The molecule has 0 aliphatic carbocycles. The molecule has 168 valence electrons. The van der Waals surface area contributed by atoms with Crippen LogP contribution < -0.4 is 9.80 Å². The number of aromatic nitrogens is 2. The number of rotatable bonds is 2. The molecule has 0 unspecified atom stereocenters. The molecule has 1 aromatic heterocycles. The highest BCUT2D eigenvalue weighted by Crippen LogP contribution is 2.45. The van der Waals surface area contributed by atoms with Crippen molar-refractivity contribution < 1.29 is 0 Å². The molecule has 0 N–H and O–H groups in total. The smallest absolute Gasteiger partial charge is 0.115 e. The van der Waals surface area contributed by atoms with Gasteiger partial charge in [-0.05, 0) is 47.2 Å². The van der Waals surface area contributed by atoms with Crippen LogP contribution in [0.3, 0.4) is 0 Å². The summed E-state index contributed by atoms with van der Waals surface area (Å²) in [5.41, 5.74) is 7.58. The molecule has 0 saturated heterocycles. The highest BCUT2D eigenvalue weighted by molar-refractivity contribution is 6.18. The number of hydrogen-bond acceptors (Lipinski definition) is 6. The number of fused-ring (bicyclic) bond motifs is 1. The van der Waals surface area contributed by atoms with Crippen LogP contribution in [0.1, 0.15) is 0 Å². The Labute approximate surface area is 206 Å². The zero-order valence-corrected chi connectivity index (χ0v) is 19.1. The molecule has 2 aliphatic heterocycles.